The minimum absolute atomic E-state index is 0.270. The van der Waals surface area contributed by atoms with Gasteiger partial charge in [0.2, 0.25) is 0 Å². The number of carbonyl (C=O) groups excluding carboxylic acids is 3. The Morgan fingerprint density at radius 1 is 1.15 bits per heavy atom. The number of amides is 4. The third-order valence-electron chi connectivity index (χ3n) is 7.09. The average molecular weight is 581 g/mol. The summed E-state index contributed by atoms with van der Waals surface area (Å²) < 4.78 is 5.48. The topological polar surface area (TPSA) is 119 Å². The zero-order chi connectivity index (χ0) is 29.8. The molecule has 0 spiro atoms. The molecule has 1 saturated carbocycles. The Bertz CT molecular complexity index is 1280. The summed E-state index contributed by atoms with van der Waals surface area (Å²) in [6, 6.07) is 8.77. The van der Waals surface area contributed by atoms with Crippen LogP contribution in [0.3, 0.4) is 0 Å². The maximum Gasteiger partial charge on any atom is 0.410 e. The van der Waals surface area contributed by atoms with Crippen molar-refractivity contribution < 1.29 is 19.1 Å². The molecule has 10 nitrogen and oxygen atoms in total. The van der Waals surface area contributed by atoms with E-state index in [1.165, 1.54) is 4.90 Å². The molecule has 2 heterocycles. The lowest BCUT2D eigenvalue weighted by molar-refractivity contribution is 0.0139. The van der Waals surface area contributed by atoms with Crippen LogP contribution in [-0.4, -0.2) is 81.6 Å². The van der Waals surface area contributed by atoms with Crippen molar-refractivity contribution in [1.82, 2.24) is 25.0 Å². The zero-order valence-corrected chi connectivity index (χ0v) is 25.4. The van der Waals surface area contributed by atoms with Gasteiger partial charge in [0.05, 0.1) is 18.3 Å². The summed E-state index contributed by atoms with van der Waals surface area (Å²) in [7, 11) is 0. The molecule has 1 aliphatic heterocycles. The molecule has 1 saturated heterocycles. The SMILES string of the molecule is CC(C)CCN(C(=O)NC1(C#N)CC1)C(=O)c1ccc(-c2csc(CN3CCN(C(=O)OC(C)(C)C)CC3)n2)cc1. The second-order valence-corrected chi connectivity index (χ2v) is 13.2. The highest BCUT2D eigenvalue weighted by Crippen LogP contribution is 2.34. The molecule has 4 amide bonds. The van der Waals surface area contributed by atoms with Crippen molar-refractivity contribution in [3.05, 3.63) is 40.2 Å². The van der Waals surface area contributed by atoms with Gasteiger partial charge in [-0.3, -0.25) is 14.6 Å². The Balaban J connectivity index is 1.35. The maximum atomic E-state index is 13.3. The molecule has 1 aliphatic carbocycles. The number of rotatable bonds is 8. The number of imide groups is 1. The Morgan fingerprint density at radius 2 is 1.80 bits per heavy atom. The first-order chi connectivity index (χ1) is 19.4. The molecule has 2 aliphatic rings. The zero-order valence-electron chi connectivity index (χ0n) is 24.6. The first-order valence-electron chi connectivity index (χ1n) is 14.2. The summed E-state index contributed by atoms with van der Waals surface area (Å²) in [6.07, 6.45) is 1.62. The van der Waals surface area contributed by atoms with Crippen LogP contribution < -0.4 is 5.32 Å². The summed E-state index contributed by atoms with van der Waals surface area (Å²) in [5, 5.41) is 15.1. The Hall–Kier alpha value is -3.49. The van der Waals surface area contributed by atoms with Crippen LogP contribution in [0.2, 0.25) is 0 Å². The number of thiazole rings is 1. The third-order valence-corrected chi connectivity index (χ3v) is 7.93. The molecule has 1 N–H and O–H groups in total. The monoisotopic (exact) mass is 580 g/mol. The van der Waals surface area contributed by atoms with Gasteiger partial charge in [0.1, 0.15) is 16.1 Å². The molecule has 41 heavy (non-hydrogen) atoms. The molecule has 0 radical (unpaired) electrons. The largest absolute Gasteiger partial charge is 0.444 e. The maximum absolute atomic E-state index is 13.3. The van der Waals surface area contributed by atoms with Gasteiger partial charge in [-0.2, -0.15) is 5.26 Å². The third kappa shape index (κ3) is 8.27. The van der Waals surface area contributed by atoms with Crippen molar-refractivity contribution >= 4 is 29.4 Å². The highest BCUT2D eigenvalue weighted by Gasteiger charge is 2.46. The molecule has 4 rings (SSSR count). The van der Waals surface area contributed by atoms with Crippen LogP contribution >= 0.6 is 11.3 Å². The highest BCUT2D eigenvalue weighted by atomic mass is 32.1. The van der Waals surface area contributed by atoms with Crippen molar-refractivity contribution in [3.8, 4) is 17.3 Å². The fraction of sp³-hybridized carbons (Fsp3) is 0.567. The lowest BCUT2D eigenvalue weighted by Crippen LogP contribution is -2.49. The van der Waals surface area contributed by atoms with E-state index in [0.717, 1.165) is 29.4 Å². The van der Waals surface area contributed by atoms with Gasteiger partial charge < -0.3 is 15.0 Å². The van der Waals surface area contributed by atoms with E-state index in [-0.39, 0.29) is 18.5 Å². The average Bonchev–Trinajstić information content (AvgIpc) is 3.54. The number of benzene rings is 1. The molecule has 1 aromatic heterocycles. The summed E-state index contributed by atoms with van der Waals surface area (Å²) in [4.78, 5) is 48.7. The highest BCUT2D eigenvalue weighted by molar-refractivity contribution is 7.09. The second kappa shape index (κ2) is 12.6. The Morgan fingerprint density at radius 3 is 2.37 bits per heavy atom. The van der Waals surface area contributed by atoms with Gasteiger partial charge >= 0.3 is 12.1 Å². The van der Waals surface area contributed by atoms with Crippen LogP contribution in [-0.2, 0) is 11.3 Å². The number of nitrogens with zero attached hydrogens (tertiary/aromatic N) is 5. The predicted octanol–water partition coefficient (Wildman–Crippen LogP) is 5.12. The van der Waals surface area contributed by atoms with Gasteiger partial charge in [-0.05, 0) is 58.1 Å². The van der Waals surface area contributed by atoms with E-state index in [1.807, 2.05) is 52.1 Å². The Kier molecular flexibility index (Phi) is 9.34. The number of ether oxygens (including phenoxy) is 1. The molecule has 0 unspecified atom stereocenters. The first kappa shape index (κ1) is 30.5. The van der Waals surface area contributed by atoms with E-state index in [0.29, 0.717) is 50.4 Å². The van der Waals surface area contributed by atoms with Crippen molar-refractivity contribution in [2.75, 3.05) is 32.7 Å². The van der Waals surface area contributed by atoms with E-state index < -0.39 is 17.2 Å². The van der Waals surface area contributed by atoms with Crippen molar-refractivity contribution in [3.63, 3.8) is 0 Å². The van der Waals surface area contributed by atoms with E-state index in [2.05, 4.69) is 16.3 Å². The molecule has 1 aromatic carbocycles. The predicted molar refractivity (Wildman–Crippen MR) is 157 cm³/mol. The summed E-state index contributed by atoms with van der Waals surface area (Å²) >= 11 is 1.58. The molecule has 2 fully saturated rings. The van der Waals surface area contributed by atoms with Crippen LogP contribution in [0, 0.1) is 17.2 Å². The molecular formula is C30H40N6O4S. The fourth-order valence-corrected chi connectivity index (χ4v) is 5.25. The quantitative estimate of drug-likeness (QED) is 0.461. The molecule has 11 heteroatoms. The van der Waals surface area contributed by atoms with Gasteiger partial charge in [0.15, 0.2) is 0 Å². The number of urea groups is 1. The number of hydrogen-bond donors (Lipinski definition) is 1. The van der Waals surface area contributed by atoms with Crippen LogP contribution in [0.5, 0.6) is 0 Å². The minimum atomic E-state index is -0.842. The van der Waals surface area contributed by atoms with Gasteiger partial charge in [-0.15, -0.1) is 11.3 Å². The van der Waals surface area contributed by atoms with E-state index in [9.17, 15) is 19.6 Å². The lowest BCUT2D eigenvalue weighted by Gasteiger charge is -2.35. The van der Waals surface area contributed by atoms with E-state index in [4.69, 9.17) is 9.72 Å². The smallest absolute Gasteiger partial charge is 0.410 e. The lowest BCUT2D eigenvalue weighted by atomic mass is 10.1. The van der Waals surface area contributed by atoms with Gasteiger partial charge in [0, 0.05) is 49.2 Å². The number of nitriles is 1. The van der Waals surface area contributed by atoms with Crippen molar-refractivity contribution in [2.24, 2.45) is 5.92 Å². The second-order valence-electron chi connectivity index (χ2n) is 12.2. The van der Waals surface area contributed by atoms with Crippen LogP contribution in [0.4, 0.5) is 9.59 Å². The van der Waals surface area contributed by atoms with Gasteiger partial charge in [-0.25, -0.2) is 14.6 Å². The normalized spacial score (nSPS) is 16.7. The number of aromatic nitrogens is 1. The van der Waals surface area contributed by atoms with Gasteiger partial charge in [0.25, 0.3) is 5.91 Å². The number of nitrogens with one attached hydrogen (secondary N) is 1. The van der Waals surface area contributed by atoms with Crippen molar-refractivity contribution in [2.45, 2.75) is 71.6 Å². The van der Waals surface area contributed by atoms with E-state index >= 15 is 0 Å². The molecule has 220 valence electrons. The van der Waals surface area contributed by atoms with Gasteiger partial charge in [-0.1, -0.05) is 26.0 Å². The van der Waals surface area contributed by atoms with Crippen LogP contribution in [0.25, 0.3) is 11.3 Å². The summed E-state index contributed by atoms with van der Waals surface area (Å²) in [5.41, 5.74) is 0.781. The minimum Gasteiger partial charge on any atom is -0.444 e. The summed E-state index contributed by atoms with van der Waals surface area (Å²) in [5.74, 6) is -0.0630. The molecular weight excluding hydrogens is 540 g/mol. The molecule has 2 aromatic rings. The Labute approximate surface area is 246 Å². The molecule has 0 atom stereocenters. The fourth-order valence-electron chi connectivity index (χ4n) is 4.41. The van der Waals surface area contributed by atoms with Crippen LogP contribution in [0.1, 0.15) is 69.2 Å². The number of carbonyl (C=O) groups is 3. The molecule has 0 bridgehead atoms. The number of hydrogen-bond acceptors (Lipinski definition) is 8. The first-order valence-corrected chi connectivity index (χ1v) is 15.1. The standard InChI is InChI=1S/C30H40N6O4S/c1-21(2)10-13-36(27(38)33-30(20-31)11-12-30)26(37)23-8-6-22(7-9-23)24-19-41-25(32-24)18-34-14-16-35(17-15-34)28(39)40-29(3,4)5/h6-9,19,21H,10-18H2,1-5H3,(H,33,38). The van der Waals surface area contributed by atoms with E-state index in [1.54, 1.807) is 28.4 Å². The summed E-state index contributed by atoms with van der Waals surface area (Å²) in [6.45, 7) is 13.4. The van der Waals surface area contributed by atoms with Crippen molar-refractivity contribution in [1.29, 1.82) is 5.26 Å². The van der Waals surface area contributed by atoms with Crippen LogP contribution in [0.15, 0.2) is 29.6 Å². The number of piperazine rings is 1.